The summed E-state index contributed by atoms with van der Waals surface area (Å²) in [5.41, 5.74) is 1.66. The minimum Gasteiger partial charge on any atom is -0.325 e. The maximum Gasteiger partial charge on any atom is 0.234 e. The minimum atomic E-state index is -0.496. The molecule has 0 saturated carbocycles. The van der Waals surface area contributed by atoms with Gasteiger partial charge in [-0.3, -0.25) is 9.59 Å². The molecule has 0 aromatic heterocycles. The Morgan fingerprint density at radius 3 is 2.42 bits per heavy atom. The highest BCUT2D eigenvalue weighted by Crippen LogP contribution is 2.20. The molecule has 7 heteroatoms. The molecule has 126 valence electrons. The molecule has 0 saturated heterocycles. The Balaban J connectivity index is 1.75. The molecule has 4 nitrogen and oxygen atoms in total. The number of anilines is 2. The van der Waals surface area contributed by atoms with Crippen molar-refractivity contribution in [3.05, 3.63) is 58.9 Å². The number of amides is 2. The van der Waals surface area contributed by atoms with Crippen LogP contribution in [0.4, 0.5) is 15.8 Å². The lowest BCUT2D eigenvalue weighted by Gasteiger charge is -2.08. The van der Waals surface area contributed by atoms with Crippen LogP contribution in [-0.4, -0.2) is 23.3 Å². The summed E-state index contributed by atoms with van der Waals surface area (Å²) in [6.45, 7) is 1.87. The SMILES string of the molecule is Cc1ccc(NC(=O)CSCC(=O)Nc2ccccc2F)cc1Cl. The number of aryl methyl sites for hydroxylation is 1. The van der Waals surface area contributed by atoms with Gasteiger partial charge in [0.1, 0.15) is 5.82 Å². The fourth-order valence-electron chi connectivity index (χ4n) is 1.85. The molecule has 2 rings (SSSR count). The van der Waals surface area contributed by atoms with E-state index in [1.807, 2.05) is 13.0 Å². The van der Waals surface area contributed by atoms with Crippen molar-refractivity contribution < 1.29 is 14.0 Å². The largest absolute Gasteiger partial charge is 0.325 e. The van der Waals surface area contributed by atoms with Crippen LogP contribution in [0.5, 0.6) is 0 Å². The molecule has 2 N–H and O–H groups in total. The molecular formula is C17H16ClFN2O2S. The monoisotopic (exact) mass is 366 g/mol. The van der Waals surface area contributed by atoms with Crippen molar-refractivity contribution in [3.8, 4) is 0 Å². The van der Waals surface area contributed by atoms with Gasteiger partial charge in [-0.1, -0.05) is 29.8 Å². The number of carbonyl (C=O) groups excluding carboxylic acids is 2. The quantitative estimate of drug-likeness (QED) is 0.809. The molecule has 0 heterocycles. The average Bonchev–Trinajstić information content (AvgIpc) is 2.53. The fourth-order valence-corrected chi connectivity index (χ4v) is 2.65. The summed E-state index contributed by atoms with van der Waals surface area (Å²) in [5.74, 6) is -0.938. The minimum absolute atomic E-state index is 0.0520. The van der Waals surface area contributed by atoms with Gasteiger partial charge < -0.3 is 10.6 Å². The van der Waals surface area contributed by atoms with Crippen molar-refractivity contribution >= 4 is 46.6 Å². The van der Waals surface area contributed by atoms with Crippen LogP contribution in [0.3, 0.4) is 0 Å². The van der Waals surface area contributed by atoms with Crippen molar-refractivity contribution in [3.63, 3.8) is 0 Å². The molecule has 2 aromatic carbocycles. The number of halogens is 2. The molecule has 2 amide bonds. The van der Waals surface area contributed by atoms with Crippen molar-refractivity contribution in [2.45, 2.75) is 6.92 Å². The molecular weight excluding hydrogens is 351 g/mol. The maximum absolute atomic E-state index is 13.4. The number of hydrogen-bond donors (Lipinski definition) is 2. The van der Waals surface area contributed by atoms with Crippen LogP contribution in [0.1, 0.15) is 5.56 Å². The van der Waals surface area contributed by atoms with Crippen molar-refractivity contribution in [1.29, 1.82) is 0 Å². The lowest BCUT2D eigenvalue weighted by atomic mass is 10.2. The van der Waals surface area contributed by atoms with Crippen LogP contribution in [0, 0.1) is 12.7 Å². The average molecular weight is 367 g/mol. The van der Waals surface area contributed by atoms with Crippen LogP contribution in [0.25, 0.3) is 0 Å². The highest BCUT2D eigenvalue weighted by molar-refractivity contribution is 8.00. The molecule has 0 aliphatic rings. The highest BCUT2D eigenvalue weighted by atomic mass is 35.5. The third-order valence-corrected chi connectivity index (χ3v) is 4.41. The predicted molar refractivity (Wildman–Crippen MR) is 97.2 cm³/mol. The molecule has 0 radical (unpaired) electrons. The van der Waals surface area contributed by atoms with Crippen LogP contribution >= 0.6 is 23.4 Å². The van der Waals surface area contributed by atoms with Gasteiger partial charge in [-0.15, -0.1) is 11.8 Å². The summed E-state index contributed by atoms with van der Waals surface area (Å²) in [5, 5.41) is 5.74. The zero-order valence-electron chi connectivity index (χ0n) is 12.9. The second-order valence-corrected chi connectivity index (χ2v) is 6.43. The maximum atomic E-state index is 13.4. The Labute approximate surface area is 148 Å². The van der Waals surface area contributed by atoms with E-state index in [1.54, 1.807) is 24.3 Å². The summed E-state index contributed by atoms with van der Waals surface area (Å²) >= 11 is 7.13. The summed E-state index contributed by atoms with van der Waals surface area (Å²) in [4.78, 5) is 23.6. The number of para-hydroxylation sites is 1. The zero-order valence-corrected chi connectivity index (χ0v) is 14.5. The van der Waals surface area contributed by atoms with Gasteiger partial charge in [0.25, 0.3) is 0 Å². The van der Waals surface area contributed by atoms with Gasteiger partial charge in [0.15, 0.2) is 0 Å². The molecule has 2 aromatic rings. The Kier molecular flexibility index (Phi) is 6.63. The summed E-state index contributed by atoms with van der Waals surface area (Å²) < 4.78 is 13.4. The molecule has 0 atom stereocenters. The van der Waals surface area contributed by atoms with Crippen molar-refractivity contribution in [2.24, 2.45) is 0 Å². The second-order valence-electron chi connectivity index (χ2n) is 5.03. The number of benzene rings is 2. The molecule has 0 bridgehead atoms. The van der Waals surface area contributed by atoms with E-state index in [2.05, 4.69) is 10.6 Å². The van der Waals surface area contributed by atoms with Gasteiger partial charge in [0.2, 0.25) is 11.8 Å². The Bertz CT molecular complexity index is 755. The molecule has 0 aliphatic heterocycles. The van der Waals surface area contributed by atoms with E-state index in [0.717, 1.165) is 17.3 Å². The van der Waals surface area contributed by atoms with E-state index in [1.165, 1.54) is 12.1 Å². The van der Waals surface area contributed by atoms with Crippen LogP contribution < -0.4 is 10.6 Å². The topological polar surface area (TPSA) is 58.2 Å². The summed E-state index contributed by atoms with van der Waals surface area (Å²) in [7, 11) is 0. The lowest BCUT2D eigenvalue weighted by Crippen LogP contribution is -2.18. The number of nitrogens with one attached hydrogen (secondary N) is 2. The van der Waals surface area contributed by atoms with E-state index in [0.29, 0.717) is 10.7 Å². The summed E-state index contributed by atoms with van der Waals surface area (Å²) in [6.07, 6.45) is 0. The molecule has 0 unspecified atom stereocenters. The van der Waals surface area contributed by atoms with Crippen LogP contribution in [0.15, 0.2) is 42.5 Å². The molecule has 0 spiro atoms. The van der Waals surface area contributed by atoms with E-state index in [4.69, 9.17) is 11.6 Å². The fraction of sp³-hybridized carbons (Fsp3) is 0.176. The first kappa shape index (κ1) is 18.3. The van der Waals surface area contributed by atoms with Gasteiger partial charge in [0.05, 0.1) is 17.2 Å². The standard InChI is InChI=1S/C17H16ClFN2O2S/c1-11-6-7-12(8-13(11)18)20-16(22)9-24-10-17(23)21-15-5-3-2-4-14(15)19/h2-8H,9-10H2,1H3,(H,20,22)(H,21,23). The van der Waals surface area contributed by atoms with Gasteiger partial charge in [0, 0.05) is 10.7 Å². The first-order chi connectivity index (χ1) is 11.5. The third-order valence-electron chi connectivity index (χ3n) is 3.07. The Hall–Kier alpha value is -2.05. The first-order valence-corrected chi connectivity index (χ1v) is 8.67. The number of thioether (sulfide) groups is 1. The summed E-state index contributed by atoms with van der Waals surface area (Å²) in [6, 6.07) is 11.2. The van der Waals surface area contributed by atoms with Crippen LogP contribution in [0.2, 0.25) is 5.02 Å². The number of hydrogen-bond acceptors (Lipinski definition) is 3. The molecule has 0 aliphatic carbocycles. The van der Waals surface area contributed by atoms with Crippen LogP contribution in [-0.2, 0) is 9.59 Å². The Morgan fingerprint density at radius 2 is 1.75 bits per heavy atom. The smallest absolute Gasteiger partial charge is 0.234 e. The third kappa shape index (κ3) is 5.54. The predicted octanol–water partition coefficient (Wildman–Crippen LogP) is 4.10. The zero-order chi connectivity index (χ0) is 17.5. The molecule has 24 heavy (non-hydrogen) atoms. The van der Waals surface area contributed by atoms with Gasteiger partial charge >= 0.3 is 0 Å². The Morgan fingerprint density at radius 1 is 1.08 bits per heavy atom. The first-order valence-electron chi connectivity index (χ1n) is 7.14. The van der Waals surface area contributed by atoms with Gasteiger partial charge in [-0.25, -0.2) is 4.39 Å². The van der Waals surface area contributed by atoms with E-state index in [-0.39, 0.29) is 29.0 Å². The van der Waals surface area contributed by atoms with E-state index in [9.17, 15) is 14.0 Å². The second kappa shape index (κ2) is 8.70. The van der Waals surface area contributed by atoms with E-state index >= 15 is 0 Å². The normalized spacial score (nSPS) is 10.3. The number of carbonyl (C=O) groups is 2. The van der Waals surface area contributed by atoms with Crippen molar-refractivity contribution in [1.82, 2.24) is 0 Å². The molecule has 0 fully saturated rings. The van der Waals surface area contributed by atoms with Gasteiger partial charge in [-0.2, -0.15) is 0 Å². The van der Waals surface area contributed by atoms with Gasteiger partial charge in [-0.05, 0) is 36.8 Å². The van der Waals surface area contributed by atoms with Crippen molar-refractivity contribution in [2.75, 3.05) is 22.1 Å². The van der Waals surface area contributed by atoms with E-state index < -0.39 is 5.82 Å². The lowest BCUT2D eigenvalue weighted by molar-refractivity contribution is -0.114. The number of rotatable bonds is 6. The highest BCUT2D eigenvalue weighted by Gasteiger charge is 2.09.